The number of carbonyl (C=O) groups is 1. The topological polar surface area (TPSA) is 104 Å². The molecule has 0 radical (unpaired) electrons. The lowest BCUT2D eigenvalue weighted by molar-refractivity contribution is -0.123. The molecule has 8 nitrogen and oxygen atoms in total. The molecule has 1 aliphatic rings. The van der Waals surface area contributed by atoms with Crippen LogP contribution in [0.25, 0.3) is 11.3 Å². The van der Waals surface area contributed by atoms with Crippen LogP contribution in [0.1, 0.15) is 29.7 Å². The number of aromatic nitrogens is 2. The Bertz CT molecular complexity index is 1660. The molecular formula is C31H30FN5O3S. The Kier molecular flexibility index (Phi) is 8.23. The summed E-state index contributed by atoms with van der Waals surface area (Å²) in [4.78, 5) is 22.2. The lowest BCUT2D eigenvalue weighted by Crippen LogP contribution is -2.45. The van der Waals surface area contributed by atoms with Gasteiger partial charge in [-0.2, -0.15) is 4.31 Å². The average Bonchev–Trinajstić information content (AvgIpc) is 3.48. The van der Waals surface area contributed by atoms with Gasteiger partial charge in [-0.1, -0.05) is 48.0 Å². The van der Waals surface area contributed by atoms with Gasteiger partial charge in [-0.3, -0.25) is 9.78 Å². The predicted octanol–water partition coefficient (Wildman–Crippen LogP) is 5.01. The zero-order valence-corrected chi connectivity index (χ0v) is 23.5. The van der Waals surface area contributed by atoms with Crippen molar-refractivity contribution in [3.63, 3.8) is 0 Å². The minimum absolute atomic E-state index is 0.0466. The second-order valence-corrected chi connectivity index (χ2v) is 11.8. The molecule has 0 aliphatic carbocycles. The fourth-order valence-corrected chi connectivity index (χ4v) is 6.08. The highest BCUT2D eigenvalue weighted by Crippen LogP contribution is 2.26. The molecule has 2 atom stereocenters. The quantitative estimate of drug-likeness (QED) is 0.274. The minimum atomic E-state index is -4.01. The number of amides is 1. The zero-order valence-electron chi connectivity index (χ0n) is 22.7. The standard InChI is InChI=1S/C31H30FN5O3S/c1-21-7-9-24(10-8-21)28-17-23(18-30(36-28)35-22(2)25-5-3-15-33-20-25)19-34-31(38)29-6-4-16-37(29)41(39,40)27-13-11-26(32)12-14-27/h3-15,17-18,20,22,29H,16,19H2,1-2H3,(H,34,38)(H,35,36)/t22?,29-/m0/s1. The summed E-state index contributed by atoms with van der Waals surface area (Å²) in [7, 11) is -4.01. The van der Waals surface area contributed by atoms with E-state index in [2.05, 4.69) is 15.6 Å². The summed E-state index contributed by atoms with van der Waals surface area (Å²) in [6, 6.07) is 19.1. The monoisotopic (exact) mass is 571 g/mol. The van der Waals surface area contributed by atoms with Crippen LogP contribution >= 0.6 is 0 Å². The van der Waals surface area contributed by atoms with Crippen LogP contribution in [0.3, 0.4) is 0 Å². The van der Waals surface area contributed by atoms with Crippen molar-refractivity contribution in [1.29, 1.82) is 0 Å². The summed E-state index contributed by atoms with van der Waals surface area (Å²) < 4.78 is 40.8. The van der Waals surface area contributed by atoms with E-state index in [1.807, 2.05) is 62.4 Å². The summed E-state index contributed by atoms with van der Waals surface area (Å²) >= 11 is 0. The SMILES string of the molecule is Cc1ccc(-c2cc(CNC(=O)[C@@H]3C=CCN3S(=O)(=O)c3ccc(F)cc3)cc(NC(C)c3cccnc3)n2)cc1. The van der Waals surface area contributed by atoms with Crippen LogP contribution in [0.5, 0.6) is 0 Å². The summed E-state index contributed by atoms with van der Waals surface area (Å²) in [5.74, 6) is -0.370. The van der Waals surface area contributed by atoms with E-state index < -0.39 is 27.8 Å². The minimum Gasteiger partial charge on any atom is -0.363 e. The van der Waals surface area contributed by atoms with Gasteiger partial charge in [0.15, 0.2) is 0 Å². The molecule has 1 aliphatic heterocycles. The van der Waals surface area contributed by atoms with E-state index in [9.17, 15) is 17.6 Å². The smallest absolute Gasteiger partial charge is 0.244 e. The van der Waals surface area contributed by atoms with Crippen molar-refractivity contribution in [2.45, 2.75) is 37.4 Å². The number of aryl methyl sites for hydroxylation is 1. The number of pyridine rings is 2. The zero-order chi connectivity index (χ0) is 29.0. The Morgan fingerprint density at radius 3 is 2.56 bits per heavy atom. The molecular weight excluding hydrogens is 541 g/mol. The first-order valence-electron chi connectivity index (χ1n) is 13.2. The van der Waals surface area contributed by atoms with Gasteiger partial charge in [0.05, 0.1) is 16.6 Å². The van der Waals surface area contributed by atoms with E-state index in [-0.39, 0.29) is 24.0 Å². The van der Waals surface area contributed by atoms with Gasteiger partial charge in [0.1, 0.15) is 17.7 Å². The van der Waals surface area contributed by atoms with E-state index >= 15 is 0 Å². The van der Waals surface area contributed by atoms with Crippen molar-refractivity contribution in [2.75, 3.05) is 11.9 Å². The van der Waals surface area contributed by atoms with Gasteiger partial charge in [-0.15, -0.1) is 0 Å². The third-order valence-corrected chi connectivity index (χ3v) is 8.71. The maximum Gasteiger partial charge on any atom is 0.244 e. The van der Waals surface area contributed by atoms with Crippen LogP contribution in [0, 0.1) is 12.7 Å². The molecule has 4 aromatic rings. The fraction of sp³-hybridized carbons (Fsp3) is 0.194. The maximum absolute atomic E-state index is 13.4. The lowest BCUT2D eigenvalue weighted by atomic mass is 10.1. The van der Waals surface area contributed by atoms with Gasteiger partial charge in [-0.25, -0.2) is 17.8 Å². The van der Waals surface area contributed by atoms with E-state index in [1.54, 1.807) is 24.5 Å². The van der Waals surface area contributed by atoms with Gasteiger partial charge in [0.2, 0.25) is 15.9 Å². The van der Waals surface area contributed by atoms with Crippen LogP contribution in [-0.4, -0.2) is 41.2 Å². The summed E-state index contributed by atoms with van der Waals surface area (Å²) in [6.07, 6.45) is 6.71. The van der Waals surface area contributed by atoms with Gasteiger partial charge in [0, 0.05) is 31.0 Å². The third kappa shape index (κ3) is 6.50. The van der Waals surface area contributed by atoms with E-state index in [0.29, 0.717) is 5.82 Å². The van der Waals surface area contributed by atoms with Crippen LogP contribution in [0.4, 0.5) is 10.2 Å². The predicted molar refractivity (Wildman–Crippen MR) is 156 cm³/mol. The number of nitrogens with zero attached hydrogens (tertiary/aromatic N) is 3. The summed E-state index contributed by atoms with van der Waals surface area (Å²) in [6.45, 7) is 4.24. The molecule has 3 heterocycles. The summed E-state index contributed by atoms with van der Waals surface area (Å²) in [5, 5.41) is 6.30. The number of rotatable bonds is 9. The van der Waals surface area contributed by atoms with Crippen LogP contribution < -0.4 is 10.6 Å². The van der Waals surface area contributed by atoms with Gasteiger partial charge in [0.25, 0.3) is 0 Å². The number of benzene rings is 2. The second kappa shape index (κ2) is 12.0. The highest BCUT2D eigenvalue weighted by Gasteiger charge is 2.36. The molecule has 1 unspecified atom stereocenters. The molecule has 2 N–H and O–H groups in total. The van der Waals surface area contributed by atoms with Crippen LogP contribution in [0.2, 0.25) is 0 Å². The molecule has 0 bridgehead atoms. The molecule has 2 aromatic heterocycles. The largest absolute Gasteiger partial charge is 0.363 e. The number of anilines is 1. The number of carbonyl (C=O) groups excluding carboxylic acids is 1. The van der Waals surface area contributed by atoms with Crippen molar-refractivity contribution in [3.8, 4) is 11.3 Å². The van der Waals surface area contributed by atoms with Gasteiger partial charge < -0.3 is 10.6 Å². The van der Waals surface area contributed by atoms with Crippen molar-refractivity contribution >= 4 is 21.7 Å². The Balaban J connectivity index is 1.36. The Morgan fingerprint density at radius 1 is 1.10 bits per heavy atom. The van der Waals surface area contributed by atoms with Crippen molar-refractivity contribution in [3.05, 3.63) is 120 Å². The fourth-order valence-electron chi connectivity index (χ4n) is 4.58. The Labute approximate surface area is 239 Å². The normalized spacial score (nSPS) is 15.9. The molecule has 1 amide bonds. The number of sulfonamides is 1. The number of halogens is 1. The Hall–Kier alpha value is -4.41. The van der Waals surface area contributed by atoms with Crippen LogP contribution in [-0.2, 0) is 21.4 Å². The van der Waals surface area contributed by atoms with Crippen molar-refractivity contribution in [2.24, 2.45) is 0 Å². The molecule has 210 valence electrons. The van der Waals surface area contributed by atoms with E-state index in [4.69, 9.17) is 4.98 Å². The lowest BCUT2D eigenvalue weighted by Gasteiger charge is -2.23. The van der Waals surface area contributed by atoms with Gasteiger partial charge in [-0.05, 0) is 67.4 Å². The molecule has 10 heteroatoms. The third-order valence-electron chi connectivity index (χ3n) is 6.85. The summed E-state index contributed by atoms with van der Waals surface area (Å²) in [5.41, 5.74) is 4.58. The first-order chi connectivity index (χ1) is 19.7. The number of nitrogens with one attached hydrogen (secondary N) is 2. The van der Waals surface area contributed by atoms with Crippen LogP contribution in [0.15, 0.2) is 102 Å². The molecule has 0 spiro atoms. The molecule has 41 heavy (non-hydrogen) atoms. The Morgan fingerprint density at radius 2 is 1.85 bits per heavy atom. The maximum atomic E-state index is 13.4. The number of hydrogen-bond acceptors (Lipinski definition) is 6. The van der Waals surface area contributed by atoms with Crippen molar-refractivity contribution in [1.82, 2.24) is 19.6 Å². The van der Waals surface area contributed by atoms with Crippen molar-refractivity contribution < 1.29 is 17.6 Å². The molecule has 2 aromatic carbocycles. The second-order valence-electron chi connectivity index (χ2n) is 9.88. The first kappa shape index (κ1) is 28.1. The van der Waals surface area contributed by atoms with E-state index in [0.717, 1.165) is 44.4 Å². The average molecular weight is 572 g/mol. The van der Waals surface area contributed by atoms with Gasteiger partial charge >= 0.3 is 0 Å². The molecule has 0 fully saturated rings. The van der Waals surface area contributed by atoms with E-state index in [1.165, 1.54) is 12.1 Å². The number of hydrogen-bond donors (Lipinski definition) is 2. The molecule has 0 saturated heterocycles. The molecule has 5 rings (SSSR count). The molecule has 0 saturated carbocycles. The first-order valence-corrected chi connectivity index (χ1v) is 14.6. The highest BCUT2D eigenvalue weighted by molar-refractivity contribution is 7.89. The highest BCUT2D eigenvalue weighted by atomic mass is 32.2.